The minimum absolute atomic E-state index is 0.116. The topological polar surface area (TPSA) is 130 Å². The Morgan fingerprint density at radius 2 is 1.97 bits per heavy atom. The van der Waals surface area contributed by atoms with E-state index < -0.39 is 17.7 Å². The fourth-order valence-corrected chi connectivity index (χ4v) is 5.12. The first kappa shape index (κ1) is 26.3. The first-order valence-corrected chi connectivity index (χ1v) is 13.1. The Morgan fingerprint density at radius 1 is 1.21 bits per heavy atom. The maximum Gasteiger partial charge on any atom is 0.407 e. The molecule has 39 heavy (non-hydrogen) atoms. The SMILES string of the molecule is Cc1ccccc1Cn1c(N2CCC[C@@H](NC(=O)OC(C)(C)C)C2)nc2c3cc(C(=O)O)ccc3[nH]c(=O)c21. The monoisotopic (exact) mass is 531 g/mol. The summed E-state index contributed by atoms with van der Waals surface area (Å²) in [6.07, 6.45) is 1.14. The van der Waals surface area contributed by atoms with Crippen molar-refractivity contribution >= 4 is 39.9 Å². The molecule has 5 rings (SSSR count). The van der Waals surface area contributed by atoms with E-state index in [2.05, 4.69) is 15.2 Å². The number of amides is 1. The molecule has 0 spiro atoms. The number of carboxylic acid groups (broad SMARTS) is 1. The van der Waals surface area contributed by atoms with E-state index in [9.17, 15) is 19.5 Å². The van der Waals surface area contributed by atoms with Crippen molar-refractivity contribution in [2.24, 2.45) is 0 Å². The number of imidazole rings is 1. The molecule has 0 unspecified atom stereocenters. The lowest BCUT2D eigenvalue weighted by atomic mass is 10.1. The number of carbonyl (C=O) groups is 2. The summed E-state index contributed by atoms with van der Waals surface area (Å²) in [6, 6.07) is 12.4. The number of anilines is 1. The maximum atomic E-state index is 13.4. The Hall–Kier alpha value is -4.34. The Balaban J connectivity index is 1.62. The average molecular weight is 532 g/mol. The van der Waals surface area contributed by atoms with E-state index in [1.54, 1.807) is 12.1 Å². The number of hydrogen-bond acceptors (Lipinski definition) is 6. The van der Waals surface area contributed by atoms with E-state index in [4.69, 9.17) is 9.72 Å². The van der Waals surface area contributed by atoms with Crippen molar-refractivity contribution in [3.63, 3.8) is 0 Å². The lowest BCUT2D eigenvalue weighted by molar-refractivity contribution is 0.0499. The fourth-order valence-electron chi connectivity index (χ4n) is 5.12. The second-order valence-electron chi connectivity index (χ2n) is 11.1. The Labute approximate surface area is 225 Å². The predicted molar refractivity (Wildman–Crippen MR) is 150 cm³/mol. The summed E-state index contributed by atoms with van der Waals surface area (Å²) in [5, 5.41) is 13.1. The van der Waals surface area contributed by atoms with Gasteiger partial charge in [0.15, 0.2) is 0 Å². The molecule has 204 valence electrons. The smallest absolute Gasteiger partial charge is 0.407 e. The molecule has 4 aromatic rings. The zero-order chi connectivity index (χ0) is 27.9. The maximum absolute atomic E-state index is 13.4. The summed E-state index contributed by atoms with van der Waals surface area (Å²) >= 11 is 0. The van der Waals surface area contributed by atoms with Gasteiger partial charge in [-0.2, -0.15) is 0 Å². The van der Waals surface area contributed by atoms with Crippen LogP contribution in [0.3, 0.4) is 0 Å². The zero-order valence-corrected chi connectivity index (χ0v) is 22.6. The summed E-state index contributed by atoms with van der Waals surface area (Å²) in [5.41, 5.74) is 2.69. The molecule has 1 aliphatic rings. The van der Waals surface area contributed by atoms with Gasteiger partial charge in [0.2, 0.25) is 5.95 Å². The predicted octanol–water partition coefficient (Wildman–Crippen LogP) is 4.43. The number of carboxylic acids is 1. The number of piperidine rings is 1. The average Bonchev–Trinajstić information content (AvgIpc) is 3.24. The first-order valence-electron chi connectivity index (χ1n) is 13.1. The number of alkyl carbamates (subject to hydrolysis) is 1. The van der Waals surface area contributed by atoms with Crippen molar-refractivity contribution in [1.82, 2.24) is 19.9 Å². The van der Waals surface area contributed by atoms with E-state index in [1.807, 2.05) is 56.5 Å². The van der Waals surface area contributed by atoms with Gasteiger partial charge in [-0.25, -0.2) is 14.6 Å². The van der Waals surface area contributed by atoms with Gasteiger partial charge in [0.25, 0.3) is 5.56 Å². The van der Waals surface area contributed by atoms with Crippen molar-refractivity contribution < 1.29 is 19.4 Å². The Kier molecular flexibility index (Phi) is 6.80. The summed E-state index contributed by atoms with van der Waals surface area (Å²) in [4.78, 5) is 47.5. The number of H-pyrrole nitrogens is 1. The second kappa shape index (κ2) is 10.1. The third kappa shape index (κ3) is 5.45. The minimum Gasteiger partial charge on any atom is -0.478 e. The second-order valence-corrected chi connectivity index (χ2v) is 11.1. The van der Waals surface area contributed by atoms with Crippen LogP contribution in [0, 0.1) is 6.92 Å². The molecular formula is C29H33N5O5. The number of carbonyl (C=O) groups excluding carboxylic acids is 1. The molecule has 3 heterocycles. The van der Waals surface area contributed by atoms with Crippen LogP contribution in [0.15, 0.2) is 47.3 Å². The summed E-state index contributed by atoms with van der Waals surface area (Å²) in [7, 11) is 0. The van der Waals surface area contributed by atoms with Crippen molar-refractivity contribution in [2.75, 3.05) is 18.0 Å². The van der Waals surface area contributed by atoms with Crippen molar-refractivity contribution in [1.29, 1.82) is 0 Å². The molecule has 1 amide bonds. The third-order valence-corrected chi connectivity index (χ3v) is 6.95. The first-order chi connectivity index (χ1) is 18.5. The lowest BCUT2D eigenvalue weighted by Gasteiger charge is -2.34. The quantitative estimate of drug-likeness (QED) is 0.347. The van der Waals surface area contributed by atoms with Crippen LogP contribution in [-0.2, 0) is 11.3 Å². The summed E-state index contributed by atoms with van der Waals surface area (Å²) in [6.45, 7) is 9.09. The van der Waals surface area contributed by atoms with Gasteiger partial charge in [-0.15, -0.1) is 0 Å². The fraction of sp³-hybridized carbons (Fsp3) is 0.379. The molecule has 0 radical (unpaired) electrons. The molecule has 1 saturated heterocycles. The normalized spacial score (nSPS) is 16.0. The highest BCUT2D eigenvalue weighted by Gasteiger charge is 2.28. The van der Waals surface area contributed by atoms with Crippen LogP contribution < -0.4 is 15.8 Å². The van der Waals surface area contributed by atoms with Crippen molar-refractivity contribution in [2.45, 2.75) is 58.7 Å². The van der Waals surface area contributed by atoms with Crippen LogP contribution in [0.25, 0.3) is 21.9 Å². The standard InChI is InChI=1S/C29H33N5O5/c1-17-8-5-6-9-19(17)15-34-24-23(21-14-18(26(36)37)11-12-22(21)31-25(24)35)32-27(34)33-13-7-10-20(16-33)30-28(38)39-29(2,3)4/h5-6,8-9,11-12,14,20H,7,10,13,15-16H2,1-4H3,(H,30,38)(H,31,35)(H,36,37)/t20-/m1/s1. The highest BCUT2D eigenvalue weighted by Crippen LogP contribution is 2.30. The van der Waals surface area contributed by atoms with Gasteiger partial charge in [-0.05, 0) is 69.9 Å². The van der Waals surface area contributed by atoms with Gasteiger partial charge < -0.3 is 29.6 Å². The number of rotatable bonds is 5. The Bertz CT molecular complexity index is 1630. The largest absolute Gasteiger partial charge is 0.478 e. The van der Waals surface area contributed by atoms with Crippen LogP contribution >= 0.6 is 0 Å². The highest BCUT2D eigenvalue weighted by atomic mass is 16.6. The van der Waals surface area contributed by atoms with Gasteiger partial charge in [-0.3, -0.25) is 4.79 Å². The number of aromatic carboxylic acids is 1. The molecule has 1 aliphatic heterocycles. The number of aromatic nitrogens is 3. The van der Waals surface area contributed by atoms with Crippen LogP contribution in [0.4, 0.5) is 10.7 Å². The number of pyridine rings is 1. The van der Waals surface area contributed by atoms with E-state index in [0.29, 0.717) is 47.5 Å². The molecule has 1 fully saturated rings. The summed E-state index contributed by atoms with van der Waals surface area (Å²) < 4.78 is 7.36. The Morgan fingerprint density at radius 3 is 2.69 bits per heavy atom. The zero-order valence-electron chi connectivity index (χ0n) is 22.6. The molecule has 0 saturated carbocycles. The van der Waals surface area contributed by atoms with Gasteiger partial charge >= 0.3 is 12.1 Å². The van der Waals surface area contributed by atoms with Crippen LogP contribution in [0.1, 0.15) is 55.1 Å². The lowest BCUT2D eigenvalue weighted by Crippen LogP contribution is -2.49. The van der Waals surface area contributed by atoms with Crippen LogP contribution in [-0.4, -0.2) is 56.4 Å². The number of ether oxygens (including phenoxy) is 1. The molecular weight excluding hydrogens is 498 g/mol. The molecule has 3 N–H and O–H groups in total. The van der Waals surface area contributed by atoms with Crippen molar-refractivity contribution in [3.05, 3.63) is 69.5 Å². The molecule has 0 bridgehead atoms. The molecule has 1 atom stereocenters. The van der Waals surface area contributed by atoms with Crippen LogP contribution in [0.5, 0.6) is 0 Å². The molecule has 10 heteroatoms. The highest BCUT2D eigenvalue weighted by molar-refractivity contribution is 6.05. The van der Waals surface area contributed by atoms with Gasteiger partial charge in [0, 0.05) is 24.5 Å². The van der Waals surface area contributed by atoms with E-state index in [-0.39, 0.29) is 17.2 Å². The number of fused-ring (bicyclic) bond motifs is 3. The molecule has 0 aliphatic carbocycles. The number of aryl methyl sites for hydroxylation is 1. The van der Waals surface area contributed by atoms with Crippen LogP contribution in [0.2, 0.25) is 0 Å². The van der Waals surface area contributed by atoms with E-state index >= 15 is 0 Å². The minimum atomic E-state index is -1.05. The number of benzene rings is 2. The van der Waals surface area contributed by atoms with E-state index in [1.165, 1.54) is 6.07 Å². The molecule has 2 aromatic heterocycles. The third-order valence-electron chi connectivity index (χ3n) is 6.95. The van der Waals surface area contributed by atoms with E-state index in [0.717, 1.165) is 24.0 Å². The molecule has 10 nitrogen and oxygen atoms in total. The number of aromatic amines is 1. The van der Waals surface area contributed by atoms with Gasteiger partial charge in [0.05, 0.1) is 17.6 Å². The van der Waals surface area contributed by atoms with Gasteiger partial charge in [-0.1, -0.05) is 24.3 Å². The number of nitrogens with zero attached hydrogens (tertiary/aromatic N) is 3. The van der Waals surface area contributed by atoms with Crippen molar-refractivity contribution in [3.8, 4) is 0 Å². The number of nitrogens with one attached hydrogen (secondary N) is 2. The molecule has 2 aromatic carbocycles. The van der Waals surface area contributed by atoms with Gasteiger partial charge in [0.1, 0.15) is 16.6 Å². The summed E-state index contributed by atoms with van der Waals surface area (Å²) in [5.74, 6) is -0.453. The number of hydrogen-bond donors (Lipinski definition) is 3.